The van der Waals surface area contributed by atoms with Crippen LogP contribution in [0.3, 0.4) is 0 Å². The molecule has 11 aromatic carbocycles. The summed E-state index contributed by atoms with van der Waals surface area (Å²) in [6.45, 7) is 0. The van der Waals surface area contributed by atoms with Crippen LogP contribution >= 0.6 is 0 Å². The molecular formula is C66H46N4O2. The van der Waals surface area contributed by atoms with Crippen molar-refractivity contribution in [2.45, 2.75) is 24.2 Å². The molecule has 0 saturated heterocycles. The molecule has 11 aromatic rings. The molecule has 0 saturated carbocycles. The van der Waals surface area contributed by atoms with Crippen molar-refractivity contribution in [3.63, 3.8) is 0 Å². The number of aliphatic imine (C=N–C) groups is 2. The number of hydrogen-bond donors (Lipinski definition) is 0. The minimum absolute atomic E-state index is 0.161. The van der Waals surface area contributed by atoms with Crippen molar-refractivity contribution in [2.75, 3.05) is 0 Å². The van der Waals surface area contributed by atoms with Crippen LogP contribution in [0.15, 0.2) is 265 Å². The Kier molecular flexibility index (Phi) is 10.7. The third-order valence-corrected chi connectivity index (χ3v) is 14.6. The van der Waals surface area contributed by atoms with Crippen LogP contribution in [-0.4, -0.2) is 33.3 Å². The van der Waals surface area contributed by atoms with E-state index in [1.807, 2.05) is 88.7 Å². The summed E-state index contributed by atoms with van der Waals surface area (Å²) in [4.78, 5) is 46.5. The number of amides is 2. The Bertz CT molecular complexity index is 3700. The first kappa shape index (κ1) is 42.8. The molecule has 0 aromatic heterocycles. The van der Waals surface area contributed by atoms with Gasteiger partial charge in [0.1, 0.15) is 23.8 Å². The quantitative estimate of drug-likeness (QED) is 0.152. The van der Waals surface area contributed by atoms with Crippen molar-refractivity contribution >= 4 is 66.6 Å². The Labute approximate surface area is 417 Å². The monoisotopic (exact) mass is 926 g/mol. The van der Waals surface area contributed by atoms with Crippen molar-refractivity contribution in [2.24, 2.45) is 9.98 Å². The Morgan fingerprint density at radius 2 is 0.597 bits per heavy atom. The summed E-state index contributed by atoms with van der Waals surface area (Å²) in [6, 6.07) is 84.1. The molecule has 6 heteroatoms. The lowest BCUT2D eigenvalue weighted by atomic mass is 9.87. The van der Waals surface area contributed by atoms with E-state index in [1.54, 1.807) is 0 Å². The number of carbonyl (C=O) groups excluding carboxylic acids is 2. The van der Waals surface area contributed by atoms with Crippen LogP contribution in [0.1, 0.15) is 78.3 Å². The molecule has 0 fully saturated rings. The maximum atomic E-state index is 15.6. The number of nitrogens with zero attached hydrogens (tertiary/aromatic N) is 4. The van der Waals surface area contributed by atoms with E-state index in [-0.39, 0.29) is 11.8 Å². The zero-order valence-corrected chi connectivity index (χ0v) is 39.2. The molecule has 2 heterocycles. The lowest BCUT2D eigenvalue weighted by Gasteiger charge is -2.31. The van der Waals surface area contributed by atoms with E-state index in [0.717, 1.165) is 76.5 Å². The van der Waals surface area contributed by atoms with Gasteiger partial charge in [0, 0.05) is 22.3 Å². The Morgan fingerprint density at radius 1 is 0.306 bits per heavy atom. The van der Waals surface area contributed by atoms with E-state index in [0.29, 0.717) is 22.8 Å². The first-order chi connectivity index (χ1) is 35.6. The van der Waals surface area contributed by atoms with Crippen LogP contribution in [0.25, 0.3) is 43.1 Å². The summed E-state index contributed by atoms with van der Waals surface area (Å²) in [5.41, 5.74) is 6.63. The SMILES string of the molecule is O=C(c1ccccc1)N1C(c2cccc(C3=N[C@@H](c4cccc5ccccc45)[C@H](c4cccc5ccccc45)N3C(=O)c3ccccc3)c2)=N[C@@H](c2cccc3ccccc23)[C@@H]1c1cccc2ccccc12. The number of carbonyl (C=O) groups is 2. The predicted molar refractivity (Wildman–Crippen MR) is 291 cm³/mol. The van der Waals surface area contributed by atoms with Gasteiger partial charge in [0.25, 0.3) is 11.8 Å². The van der Waals surface area contributed by atoms with Gasteiger partial charge < -0.3 is 0 Å². The van der Waals surface area contributed by atoms with Crippen molar-refractivity contribution in [1.29, 1.82) is 0 Å². The second-order valence-electron chi connectivity index (χ2n) is 18.6. The van der Waals surface area contributed by atoms with Gasteiger partial charge in [-0.1, -0.05) is 224 Å². The fraction of sp³-hybridized carbons (Fsp3) is 0.0606. The fourth-order valence-corrected chi connectivity index (χ4v) is 11.3. The van der Waals surface area contributed by atoms with Crippen LogP contribution < -0.4 is 0 Å². The molecule has 0 N–H and O–H groups in total. The number of benzene rings is 11. The summed E-state index contributed by atoms with van der Waals surface area (Å²) < 4.78 is 0. The van der Waals surface area contributed by atoms with E-state index < -0.39 is 24.2 Å². The number of hydrogen-bond acceptors (Lipinski definition) is 4. The summed E-state index contributed by atoms with van der Waals surface area (Å²) in [5, 5.41) is 8.63. The van der Waals surface area contributed by atoms with Gasteiger partial charge in [-0.25, -0.2) is 0 Å². The fourth-order valence-electron chi connectivity index (χ4n) is 11.3. The first-order valence-corrected chi connectivity index (χ1v) is 24.5. The molecule has 0 radical (unpaired) electrons. The highest BCUT2D eigenvalue weighted by Crippen LogP contribution is 2.50. The minimum atomic E-state index is -0.528. The largest absolute Gasteiger partial charge is 0.282 e. The number of amidine groups is 2. The van der Waals surface area contributed by atoms with E-state index in [2.05, 4.69) is 176 Å². The van der Waals surface area contributed by atoms with E-state index in [9.17, 15) is 0 Å². The normalized spacial score (nSPS) is 17.7. The Hall–Kier alpha value is -9.26. The van der Waals surface area contributed by atoms with Gasteiger partial charge in [0.2, 0.25) is 0 Å². The Balaban J connectivity index is 1.05. The smallest absolute Gasteiger partial charge is 0.260 e. The zero-order chi connectivity index (χ0) is 48.1. The minimum Gasteiger partial charge on any atom is -0.282 e. The molecule has 2 amide bonds. The molecule has 2 aliphatic rings. The van der Waals surface area contributed by atoms with Crippen molar-refractivity contribution in [3.05, 3.63) is 299 Å². The average molecular weight is 927 g/mol. The summed E-state index contributed by atoms with van der Waals surface area (Å²) in [7, 11) is 0. The molecule has 72 heavy (non-hydrogen) atoms. The molecule has 0 unspecified atom stereocenters. The van der Waals surface area contributed by atoms with Gasteiger partial charge in [-0.15, -0.1) is 0 Å². The second-order valence-corrected chi connectivity index (χ2v) is 18.6. The van der Waals surface area contributed by atoms with Crippen LogP contribution in [0.2, 0.25) is 0 Å². The average Bonchev–Trinajstić information content (AvgIpc) is 4.05. The molecular weight excluding hydrogens is 881 g/mol. The third-order valence-electron chi connectivity index (χ3n) is 14.6. The summed E-state index contributed by atoms with van der Waals surface area (Å²) in [5.74, 6) is 0.757. The molecule has 0 aliphatic carbocycles. The van der Waals surface area contributed by atoms with Crippen molar-refractivity contribution < 1.29 is 9.59 Å². The maximum absolute atomic E-state index is 15.6. The third kappa shape index (κ3) is 7.26. The number of rotatable bonds is 8. The van der Waals surface area contributed by atoms with E-state index in [1.165, 1.54) is 0 Å². The summed E-state index contributed by atoms with van der Waals surface area (Å²) in [6.07, 6.45) is 0. The Morgan fingerprint density at radius 3 is 0.972 bits per heavy atom. The molecule has 4 atom stereocenters. The topological polar surface area (TPSA) is 65.3 Å². The van der Waals surface area contributed by atoms with Crippen LogP contribution in [0, 0.1) is 0 Å². The second kappa shape index (κ2) is 17.9. The van der Waals surface area contributed by atoms with E-state index >= 15 is 9.59 Å². The molecule has 13 rings (SSSR count). The van der Waals surface area contributed by atoms with Gasteiger partial charge >= 0.3 is 0 Å². The van der Waals surface area contributed by atoms with Crippen LogP contribution in [0.5, 0.6) is 0 Å². The highest BCUT2D eigenvalue weighted by atomic mass is 16.2. The van der Waals surface area contributed by atoms with Gasteiger partial charge in [0.15, 0.2) is 0 Å². The molecule has 0 spiro atoms. The molecule has 0 bridgehead atoms. The maximum Gasteiger partial charge on any atom is 0.260 e. The van der Waals surface area contributed by atoms with Crippen LogP contribution in [-0.2, 0) is 0 Å². The summed E-state index contributed by atoms with van der Waals surface area (Å²) >= 11 is 0. The standard InChI is InChI=1S/C66H46N4O2/c71-65(47-24-3-1-4-25-47)69-61(57-40-18-30-45-22-9-13-36-53(45)57)59(55-38-16-28-43-20-7-11-34-51(43)55)67-63(69)49-32-15-33-50(42-49)64-68-60(56-39-17-29-44-21-8-12-35-52(44)56)62(70(64)66(72)48-26-5-2-6-27-48)58-41-19-31-46-23-10-14-37-54(46)58/h1-42,59-62H/t59-,60-,61-,62-/m0/s1. The van der Waals surface area contributed by atoms with Gasteiger partial charge in [-0.3, -0.25) is 29.4 Å². The zero-order valence-electron chi connectivity index (χ0n) is 39.2. The van der Waals surface area contributed by atoms with Crippen molar-refractivity contribution in [3.8, 4) is 0 Å². The predicted octanol–water partition coefficient (Wildman–Crippen LogP) is 15.1. The first-order valence-electron chi connectivity index (χ1n) is 24.5. The van der Waals surface area contributed by atoms with E-state index in [4.69, 9.17) is 9.98 Å². The lowest BCUT2D eigenvalue weighted by Crippen LogP contribution is -2.39. The molecule has 6 nitrogen and oxygen atoms in total. The lowest BCUT2D eigenvalue weighted by molar-refractivity contribution is 0.0798. The van der Waals surface area contributed by atoms with Gasteiger partial charge in [-0.05, 0) is 95.7 Å². The highest BCUT2D eigenvalue weighted by Gasteiger charge is 2.46. The van der Waals surface area contributed by atoms with Gasteiger partial charge in [0.05, 0.1) is 12.1 Å². The van der Waals surface area contributed by atoms with Gasteiger partial charge in [-0.2, -0.15) is 0 Å². The molecule has 2 aliphatic heterocycles. The number of fused-ring (bicyclic) bond motifs is 4. The van der Waals surface area contributed by atoms with Crippen LogP contribution in [0.4, 0.5) is 0 Å². The molecule has 342 valence electrons. The highest BCUT2D eigenvalue weighted by molar-refractivity contribution is 6.18. The van der Waals surface area contributed by atoms with Crippen molar-refractivity contribution in [1.82, 2.24) is 9.80 Å².